The smallest absolute Gasteiger partial charge is 0.119 e. The van der Waals surface area contributed by atoms with Gasteiger partial charge in [0.25, 0.3) is 0 Å². The molecular formula is C71H50O2. The molecule has 0 saturated heterocycles. The van der Waals surface area contributed by atoms with Crippen LogP contribution in [0.5, 0.6) is 11.5 Å². The van der Waals surface area contributed by atoms with Gasteiger partial charge in [-0.3, -0.25) is 0 Å². The number of benzene rings is 12. The van der Waals surface area contributed by atoms with Crippen molar-refractivity contribution in [3.63, 3.8) is 0 Å². The van der Waals surface area contributed by atoms with Crippen molar-refractivity contribution in [2.45, 2.75) is 18.3 Å². The molecule has 0 radical (unpaired) electrons. The highest BCUT2D eigenvalue weighted by molar-refractivity contribution is 6.00. The van der Waals surface area contributed by atoms with Gasteiger partial charge in [0.05, 0.1) is 5.41 Å². The standard InChI is InChI=1S/C71H50O2/c72-69-37-33-53(41-57(69)39-47-15-3-1-4-16-47)51-23-11-25-59(43-51)71(60-26-12-24-52(44-60)54-34-38-70(73)58(42-54)40-48-17-5-2-6-18-48)67-45-55(63-29-13-21-49-19-7-9-27-61(49)63)31-35-65(67)66-36-32-56(46-68(66)71)64-30-14-22-50-20-8-10-28-62(50)64/h1-38,41-46,72-73H,39-40H2. The molecule has 0 heterocycles. The van der Waals surface area contributed by atoms with Crippen molar-refractivity contribution in [2.24, 2.45) is 0 Å². The molecule has 2 N–H and O–H groups in total. The van der Waals surface area contributed by atoms with E-state index in [-0.39, 0.29) is 0 Å². The molecule has 73 heavy (non-hydrogen) atoms. The molecule has 2 nitrogen and oxygen atoms in total. The van der Waals surface area contributed by atoms with Crippen LogP contribution in [-0.4, -0.2) is 10.2 Å². The molecule has 0 atom stereocenters. The van der Waals surface area contributed by atoms with E-state index in [1.54, 1.807) is 0 Å². The lowest BCUT2D eigenvalue weighted by molar-refractivity contribution is 0.469. The average Bonchev–Trinajstić information content (AvgIpc) is 3.74. The van der Waals surface area contributed by atoms with E-state index in [1.807, 2.05) is 60.7 Å². The second-order valence-corrected chi connectivity index (χ2v) is 19.5. The molecule has 0 spiro atoms. The Morgan fingerprint density at radius 2 is 0.658 bits per heavy atom. The Labute approximate surface area is 426 Å². The maximum atomic E-state index is 11.3. The fourth-order valence-corrected chi connectivity index (χ4v) is 11.7. The normalized spacial score (nSPS) is 12.4. The number of hydrogen-bond acceptors (Lipinski definition) is 2. The quantitative estimate of drug-likeness (QED) is 0.143. The lowest BCUT2D eigenvalue weighted by Crippen LogP contribution is -2.29. The molecule has 12 aromatic carbocycles. The van der Waals surface area contributed by atoms with Gasteiger partial charge in [-0.05, 0) is 170 Å². The number of aromatic hydroxyl groups is 2. The number of phenolic OH excluding ortho intramolecular Hbond substituents is 2. The van der Waals surface area contributed by atoms with Crippen molar-refractivity contribution in [1.29, 1.82) is 0 Å². The summed E-state index contributed by atoms with van der Waals surface area (Å²) in [5.41, 5.74) is 19.2. The lowest BCUT2D eigenvalue weighted by Gasteiger charge is -2.35. The molecule has 0 aliphatic heterocycles. The van der Waals surface area contributed by atoms with E-state index < -0.39 is 5.41 Å². The van der Waals surface area contributed by atoms with Gasteiger partial charge in [-0.2, -0.15) is 0 Å². The number of hydrogen-bond donors (Lipinski definition) is 2. The van der Waals surface area contributed by atoms with Crippen LogP contribution >= 0.6 is 0 Å². The summed E-state index contributed by atoms with van der Waals surface area (Å²) in [5.74, 6) is 0.581. The molecule has 13 rings (SSSR count). The predicted molar refractivity (Wildman–Crippen MR) is 302 cm³/mol. The number of phenols is 2. The highest BCUT2D eigenvalue weighted by Gasteiger charge is 2.47. The molecule has 346 valence electrons. The Balaban J connectivity index is 1.08. The first-order chi connectivity index (χ1) is 36.0. The van der Waals surface area contributed by atoms with Gasteiger partial charge < -0.3 is 10.2 Å². The third-order valence-corrected chi connectivity index (χ3v) is 15.2. The van der Waals surface area contributed by atoms with Crippen molar-refractivity contribution in [2.75, 3.05) is 0 Å². The predicted octanol–water partition coefficient (Wildman–Crippen LogP) is 17.6. The minimum atomic E-state index is -0.814. The summed E-state index contributed by atoms with van der Waals surface area (Å²) >= 11 is 0. The van der Waals surface area contributed by atoms with Crippen LogP contribution < -0.4 is 0 Å². The monoisotopic (exact) mass is 934 g/mol. The molecule has 2 heteroatoms. The molecule has 1 aliphatic carbocycles. The van der Waals surface area contributed by atoms with E-state index >= 15 is 0 Å². The zero-order valence-corrected chi connectivity index (χ0v) is 40.2. The van der Waals surface area contributed by atoms with Gasteiger partial charge in [-0.25, -0.2) is 0 Å². The summed E-state index contributed by atoms with van der Waals surface area (Å²) in [6.45, 7) is 0. The molecule has 0 saturated carbocycles. The Morgan fingerprint density at radius 1 is 0.274 bits per heavy atom. The summed E-state index contributed by atoms with van der Waals surface area (Å²) in [6, 6.07) is 95.8. The molecular weight excluding hydrogens is 885 g/mol. The van der Waals surface area contributed by atoms with Gasteiger partial charge in [0.15, 0.2) is 0 Å². The molecule has 0 bridgehead atoms. The third-order valence-electron chi connectivity index (χ3n) is 15.2. The van der Waals surface area contributed by atoms with Gasteiger partial charge in [-0.1, -0.05) is 218 Å². The van der Waals surface area contributed by atoms with Crippen molar-refractivity contribution in [3.05, 3.63) is 311 Å². The minimum Gasteiger partial charge on any atom is -0.508 e. The SMILES string of the molecule is Oc1ccc(-c2cccc(C3(c4cccc(-c5ccc(O)c(Cc6ccccc6)c5)c4)c4cc(-c5cccc6ccccc56)ccc4-c4ccc(-c5cccc6ccccc56)cc43)c2)cc1Cc1ccccc1. The zero-order valence-electron chi connectivity index (χ0n) is 40.2. The topological polar surface area (TPSA) is 40.5 Å². The average molecular weight is 935 g/mol. The van der Waals surface area contributed by atoms with Gasteiger partial charge in [0.2, 0.25) is 0 Å². The Bertz CT molecular complexity index is 3780. The van der Waals surface area contributed by atoms with E-state index in [4.69, 9.17) is 0 Å². The molecule has 0 fully saturated rings. The second kappa shape index (κ2) is 18.2. The Hall–Kier alpha value is -9.24. The largest absolute Gasteiger partial charge is 0.508 e. The van der Waals surface area contributed by atoms with Crippen LogP contribution in [0.1, 0.15) is 44.5 Å². The molecule has 0 unspecified atom stereocenters. The molecule has 1 aliphatic rings. The fourth-order valence-electron chi connectivity index (χ4n) is 11.7. The number of fused-ring (bicyclic) bond motifs is 5. The molecule has 0 amide bonds. The summed E-state index contributed by atoms with van der Waals surface area (Å²) in [5, 5.41) is 27.4. The first-order valence-electron chi connectivity index (χ1n) is 25.2. The Morgan fingerprint density at radius 3 is 1.12 bits per heavy atom. The van der Waals surface area contributed by atoms with Gasteiger partial charge in [0, 0.05) is 12.8 Å². The molecule has 12 aromatic rings. The summed E-state index contributed by atoms with van der Waals surface area (Å²) in [6.07, 6.45) is 1.24. The van der Waals surface area contributed by atoms with E-state index in [0.29, 0.717) is 24.3 Å². The maximum absolute atomic E-state index is 11.3. The summed E-state index contributed by atoms with van der Waals surface area (Å²) in [4.78, 5) is 0. The van der Waals surface area contributed by atoms with Crippen molar-refractivity contribution >= 4 is 21.5 Å². The number of rotatable bonds is 10. The van der Waals surface area contributed by atoms with Crippen LogP contribution in [0.2, 0.25) is 0 Å². The van der Waals surface area contributed by atoms with Crippen LogP contribution in [0.15, 0.2) is 267 Å². The highest BCUT2D eigenvalue weighted by atomic mass is 16.3. The highest BCUT2D eigenvalue weighted by Crippen LogP contribution is 2.58. The Kier molecular flexibility index (Phi) is 10.9. The minimum absolute atomic E-state index is 0.291. The van der Waals surface area contributed by atoms with Gasteiger partial charge in [-0.15, -0.1) is 0 Å². The van der Waals surface area contributed by atoms with Crippen LogP contribution in [0.25, 0.3) is 77.2 Å². The van der Waals surface area contributed by atoms with Crippen molar-refractivity contribution < 1.29 is 10.2 Å². The van der Waals surface area contributed by atoms with Gasteiger partial charge >= 0.3 is 0 Å². The summed E-state index contributed by atoms with van der Waals surface area (Å²) in [7, 11) is 0. The zero-order chi connectivity index (χ0) is 48.9. The van der Waals surface area contributed by atoms with E-state index in [2.05, 4.69) is 206 Å². The maximum Gasteiger partial charge on any atom is 0.119 e. The third kappa shape index (κ3) is 7.76. The first-order valence-corrected chi connectivity index (χ1v) is 25.2. The van der Waals surface area contributed by atoms with E-state index in [0.717, 1.165) is 66.8 Å². The second-order valence-electron chi connectivity index (χ2n) is 19.5. The van der Waals surface area contributed by atoms with Crippen LogP contribution in [0.4, 0.5) is 0 Å². The first kappa shape index (κ1) is 43.8. The lowest BCUT2D eigenvalue weighted by atomic mass is 9.66. The van der Waals surface area contributed by atoms with Crippen LogP contribution in [0, 0.1) is 0 Å². The fraction of sp³-hybridized carbons (Fsp3) is 0.0423. The van der Waals surface area contributed by atoms with Crippen LogP contribution in [0.3, 0.4) is 0 Å². The summed E-state index contributed by atoms with van der Waals surface area (Å²) < 4.78 is 0. The molecule has 0 aromatic heterocycles. The van der Waals surface area contributed by atoms with Crippen molar-refractivity contribution in [1.82, 2.24) is 0 Å². The van der Waals surface area contributed by atoms with E-state index in [9.17, 15) is 10.2 Å². The van der Waals surface area contributed by atoms with Crippen LogP contribution in [-0.2, 0) is 18.3 Å². The van der Waals surface area contributed by atoms with Gasteiger partial charge in [0.1, 0.15) is 11.5 Å². The van der Waals surface area contributed by atoms with Crippen molar-refractivity contribution in [3.8, 4) is 67.1 Å². The van der Waals surface area contributed by atoms with E-state index in [1.165, 1.54) is 54.9 Å².